The fraction of sp³-hybridized carbons (Fsp3) is 0.923. The molecule has 100 valence electrons. The van der Waals surface area contributed by atoms with Crippen molar-refractivity contribution in [3.05, 3.63) is 0 Å². The van der Waals surface area contributed by atoms with Gasteiger partial charge in [0, 0.05) is 11.6 Å². The number of rotatable bonds is 6. The highest BCUT2D eigenvalue weighted by atomic mass is 16.5. The number of carbonyl (C=O) groups excluding carboxylic acids is 1. The van der Waals surface area contributed by atoms with E-state index in [-0.39, 0.29) is 23.4 Å². The molecule has 1 saturated heterocycles. The molecule has 1 amide bonds. The smallest absolute Gasteiger partial charge is 0.227 e. The van der Waals surface area contributed by atoms with E-state index in [1.165, 1.54) is 0 Å². The van der Waals surface area contributed by atoms with Crippen molar-refractivity contribution in [1.82, 2.24) is 10.6 Å². The van der Waals surface area contributed by atoms with E-state index in [1.54, 1.807) is 0 Å². The van der Waals surface area contributed by atoms with Crippen LogP contribution in [0.2, 0.25) is 0 Å². The second kappa shape index (κ2) is 6.36. The van der Waals surface area contributed by atoms with Crippen molar-refractivity contribution in [3.8, 4) is 0 Å². The zero-order chi connectivity index (χ0) is 12.9. The van der Waals surface area contributed by atoms with Crippen molar-refractivity contribution in [3.63, 3.8) is 0 Å². The van der Waals surface area contributed by atoms with Crippen LogP contribution in [0.5, 0.6) is 0 Å². The van der Waals surface area contributed by atoms with Crippen molar-refractivity contribution in [2.45, 2.75) is 52.1 Å². The van der Waals surface area contributed by atoms with Gasteiger partial charge in [0.15, 0.2) is 0 Å². The van der Waals surface area contributed by atoms with Gasteiger partial charge < -0.3 is 15.4 Å². The molecule has 0 saturated carbocycles. The van der Waals surface area contributed by atoms with Gasteiger partial charge in [-0.15, -0.1) is 0 Å². The van der Waals surface area contributed by atoms with Gasteiger partial charge in [-0.2, -0.15) is 0 Å². The van der Waals surface area contributed by atoms with Crippen molar-refractivity contribution in [2.24, 2.45) is 5.92 Å². The third-order valence-corrected chi connectivity index (χ3v) is 3.87. The minimum Gasteiger partial charge on any atom is -0.379 e. The molecule has 4 nitrogen and oxygen atoms in total. The Kier molecular flexibility index (Phi) is 5.40. The third kappa shape index (κ3) is 3.68. The summed E-state index contributed by atoms with van der Waals surface area (Å²) in [6, 6.07) is 0.165. The molecule has 2 N–H and O–H groups in total. The minimum atomic E-state index is -0.0869. The summed E-state index contributed by atoms with van der Waals surface area (Å²) in [6.45, 7) is 10.4. The first-order valence-corrected chi connectivity index (χ1v) is 6.69. The maximum absolute atomic E-state index is 12.2. The van der Waals surface area contributed by atoms with Crippen LogP contribution in [-0.4, -0.2) is 37.2 Å². The quantitative estimate of drug-likeness (QED) is 0.738. The zero-order valence-electron chi connectivity index (χ0n) is 11.5. The van der Waals surface area contributed by atoms with E-state index >= 15 is 0 Å². The highest BCUT2D eigenvalue weighted by Gasteiger charge is 2.35. The summed E-state index contributed by atoms with van der Waals surface area (Å²) >= 11 is 0. The Hall–Kier alpha value is -0.610. The van der Waals surface area contributed by atoms with Crippen LogP contribution in [-0.2, 0) is 9.53 Å². The lowest BCUT2D eigenvalue weighted by molar-refractivity contribution is -0.127. The fourth-order valence-electron chi connectivity index (χ4n) is 2.09. The standard InChI is InChI=1S/C13H26N2O2/c1-5-13(4,6-2)15-12(16)10-8-17-9-11(10)14-7-3/h10-11,14H,5-9H2,1-4H3,(H,15,16). The second-order valence-electron chi connectivity index (χ2n) is 5.07. The van der Waals surface area contributed by atoms with Crippen molar-refractivity contribution in [2.75, 3.05) is 19.8 Å². The first kappa shape index (κ1) is 14.5. The predicted octanol–water partition coefficient (Wildman–Crippen LogP) is 1.31. The zero-order valence-corrected chi connectivity index (χ0v) is 11.5. The molecule has 4 heteroatoms. The monoisotopic (exact) mass is 242 g/mol. The molecular weight excluding hydrogens is 216 g/mol. The van der Waals surface area contributed by atoms with Crippen molar-refractivity contribution < 1.29 is 9.53 Å². The third-order valence-electron chi connectivity index (χ3n) is 3.87. The van der Waals surface area contributed by atoms with Gasteiger partial charge in [-0.25, -0.2) is 0 Å². The molecule has 0 aromatic heterocycles. The van der Waals surface area contributed by atoms with E-state index in [4.69, 9.17) is 4.74 Å². The topological polar surface area (TPSA) is 50.4 Å². The Balaban J connectivity index is 2.57. The maximum Gasteiger partial charge on any atom is 0.227 e. The lowest BCUT2D eigenvalue weighted by atomic mass is 9.93. The van der Waals surface area contributed by atoms with Crippen LogP contribution in [0.1, 0.15) is 40.5 Å². The van der Waals surface area contributed by atoms with E-state index in [0.717, 1.165) is 19.4 Å². The van der Waals surface area contributed by atoms with Crippen LogP contribution in [0.4, 0.5) is 0 Å². The molecule has 1 aliphatic heterocycles. The molecule has 0 aromatic rings. The average Bonchev–Trinajstić information content (AvgIpc) is 2.77. The molecule has 1 heterocycles. The maximum atomic E-state index is 12.2. The van der Waals surface area contributed by atoms with Crippen LogP contribution >= 0.6 is 0 Å². The van der Waals surface area contributed by atoms with Crippen LogP contribution in [0.15, 0.2) is 0 Å². The first-order chi connectivity index (χ1) is 8.06. The van der Waals surface area contributed by atoms with Crippen LogP contribution in [0.3, 0.4) is 0 Å². The highest BCUT2D eigenvalue weighted by molar-refractivity contribution is 5.80. The molecule has 0 spiro atoms. The summed E-state index contributed by atoms with van der Waals surface area (Å²) in [5.74, 6) is 0.0759. The largest absolute Gasteiger partial charge is 0.379 e. The highest BCUT2D eigenvalue weighted by Crippen LogP contribution is 2.18. The molecule has 2 unspecified atom stereocenters. The lowest BCUT2D eigenvalue weighted by Crippen LogP contribution is -2.51. The van der Waals surface area contributed by atoms with E-state index in [0.29, 0.717) is 13.2 Å². The van der Waals surface area contributed by atoms with Gasteiger partial charge in [0.2, 0.25) is 5.91 Å². The number of hydrogen-bond donors (Lipinski definition) is 2. The van der Waals surface area contributed by atoms with E-state index in [1.807, 2.05) is 0 Å². The minimum absolute atomic E-state index is 0.0487. The number of carbonyl (C=O) groups is 1. The molecule has 0 bridgehead atoms. The molecule has 1 rings (SSSR count). The molecule has 17 heavy (non-hydrogen) atoms. The summed E-state index contributed by atoms with van der Waals surface area (Å²) < 4.78 is 5.40. The molecule has 0 aliphatic carbocycles. The summed E-state index contributed by atoms with van der Waals surface area (Å²) in [7, 11) is 0. The molecule has 0 aromatic carbocycles. The van der Waals surface area contributed by atoms with Gasteiger partial charge in [0.1, 0.15) is 0 Å². The Bertz CT molecular complexity index is 252. The Morgan fingerprint density at radius 3 is 2.47 bits per heavy atom. The number of amides is 1. The summed E-state index contributed by atoms with van der Waals surface area (Å²) in [5, 5.41) is 6.48. The summed E-state index contributed by atoms with van der Waals surface area (Å²) in [4.78, 5) is 12.2. The van der Waals surface area contributed by atoms with E-state index in [9.17, 15) is 4.79 Å². The number of ether oxygens (including phenoxy) is 1. The molecule has 2 atom stereocenters. The van der Waals surface area contributed by atoms with Gasteiger partial charge in [-0.05, 0) is 26.3 Å². The van der Waals surface area contributed by atoms with Gasteiger partial charge in [-0.1, -0.05) is 20.8 Å². The molecular formula is C13H26N2O2. The van der Waals surface area contributed by atoms with Gasteiger partial charge in [0.05, 0.1) is 19.1 Å². The Morgan fingerprint density at radius 1 is 1.29 bits per heavy atom. The predicted molar refractivity (Wildman–Crippen MR) is 68.9 cm³/mol. The Labute approximate surface area is 104 Å². The van der Waals surface area contributed by atoms with Gasteiger partial charge >= 0.3 is 0 Å². The number of nitrogens with one attached hydrogen (secondary N) is 2. The summed E-state index contributed by atoms with van der Waals surface area (Å²) in [5.41, 5.74) is -0.0869. The van der Waals surface area contributed by atoms with E-state index < -0.39 is 0 Å². The molecule has 1 fully saturated rings. The van der Waals surface area contributed by atoms with Gasteiger partial charge in [-0.3, -0.25) is 4.79 Å². The Morgan fingerprint density at radius 2 is 1.94 bits per heavy atom. The normalized spacial score (nSPS) is 24.9. The average molecular weight is 242 g/mol. The van der Waals surface area contributed by atoms with Crippen molar-refractivity contribution >= 4 is 5.91 Å². The SMILES string of the molecule is CCNC1COCC1C(=O)NC(C)(CC)CC. The van der Waals surface area contributed by atoms with Crippen LogP contribution < -0.4 is 10.6 Å². The fourth-order valence-corrected chi connectivity index (χ4v) is 2.09. The second-order valence-corrected chi connectivity index (χ2v) is 5.07. The number of hydrogen-bond acceptors (Lipinski definition) is 3. The molecule has 0 radical (unpaired) electrons. The van der Waals surface area contributed by atoms with Crippen LogP contribution in [0.25, 0.3) is 0 Å². The number of likely N-dealkylation sites (N-methyl/N-ethyl adjacent to an activating group) is 1. The van der Waals surface area contributed by atoms with Gasteiger partial charge in [0.25, 0.3) is 0 Å². The van der Waals surface area contributed by atoms with Crippen molar-refractivity contribution in [1.29, 1.82) is 0 Å². The first-order valence-electron chi connectivity index (χ1n) is 6.69. The molecule has 1 aliphatic rings. The summed E-state index contributed by atoms with van der Waals surface area (Å²) in [6.07, 6.45) is 1.91. The van der Waals surface area contributed by atoms with Crippen LogP contribution in [0, 0.1) is 5.92 Å². The van der Waals surface area contributed by atoms with E-state index in [2.05, 4.69) is 38.3 Å². The lowest BCUT2D eigenvalue weighted by Gasteiger charge is -2.30.